The van der Waals surface area contributed by atoms with E-state index in [1.807, 2.05) is 6.92 Å². The minimum absolute atomic E-state index is 0. The highest BCUT2D eigenvalue weighted by atomic mass is 35.5. The lowest BCUT2D eigenvalue weighted by Gasteiger charge is -2.11. The number of carbonyl (C=O) groups excluding carboxylic acids is 1. The molecule has 0 aliphatic rings. The van der Waals surface area contributed by atoms with E-state index in [0.29, 0.717) is 6.54 Å². The van der Waals surface area contributed by atoms with Crippen LogP contribution in [-0.4, -0.2) is 40.2 Å². The molecule has 1 amide bonds. The molecule has 2 N–H and O–H groups in total. The van der Waals surface area contributed by atoms with E-state index in [9.17, 15) is 14.9 Å². The summed E-state index contributed by atoms with van der Waals surface area (Å²) in [4.78, 5) is 21.3. The number of aromatic nitrogens is 2. The predicted octanol–water partition coefficient (Wildman–Crippen LogP) is -0.0628. The average Bonchev–Trinajstić information content (AvgIpc) is 2.74. The van der Waals surface area contributed by atoms with Crippen LogP contribution in [0.3, 0.4) is 0 Å². The smallest absolute Gasteiger partial charge is 0.307 e. The Balaban J connectivity index is 0.00000289. The van der Waals surface area contributed by atoms with Crippen LogP contribution in [0, 0.1) is 10.1 Å². The molecule has 102 valence electrons. The molecule has 1 unspecified atom stereocenters. The van der Waals surface area contributed by atoms with Gasteiger partial charge in [-0.1, -0.05) is 0 Å². The van der Waals surface area contributed by atoms with Crippen molar-refractivity contribution in [1.82, 2.24) is 20.4 Å². The topological polar surface area (TPSA) is 102 Å². The van der Waals surface area contributed by atoms with Gasteiger partial charge < -0.3 is 10.6 Å². The Morgan fingerprint density at radius 1 is 1.67 bits per heavy atom. The van der Waals surface area contributed by atoms with E-state index in [0.717, 1.165) is 6.20 Å². The van der Waals surface area contributed by atoms with Gasteiger partial charge in [-0.2, -0.15) is 5.10 Å². The Labute approximate surface area is 110 Å². The number of carbonyl (C=O) groups is 1. The quantitative estimate of drug-likeness (QED) is 0.560. The first-order chi connectivity index (χ1) is 8.02. The first-order valence-electron chi connectivity index (χ1n) is 5.13. The van der Waals surface area contributed by atoms with Crippen LogP contribution in [0.5, 0.6) is 0 Å². The third kappa shape index (κ3) is 5.11. The Bertz CT molecular complexity index is 409. The van der Waals surface area contributed by atoms with Crippen LogP contribution in [0.25, 0.3) is 0 Å². The summed E-state index contributed by atoms with van der Waals surface area (Å²) in [5.74, 6) is -0.231. The fourth-order valence-electron chi connectivity index (χ4n) is 1.11. The maximum Gasteiger partial charge on any atom is 0.307 e. The fraction of sp³-hybridized carbons (Fsp3) is 0.556. The molecule has 1 aromatic heterocycles. The van der Waals surface area contributed by atoms with Crippen molar-refractivity contribution < 1.29 is 9.72 Å². The van der Waals surface area contributed by atoms with Crippen molar-refractivity contribution in [3.8, 4) is 0 Å². The van der Waals surface area contributed by atoms with Gasteiger partial charge in [0, 0.05) is 12.6 Å². The molecule has 8 nitrogen and oxygen atoms in total. The zero-order chi connectivity index (χ0) is 12.8. The number of nitrogens with one attached hydrogen (secondary N) is 2. The Kier molecular flexibility index (Phi) is 6.91. The number of hydrogen-bond acceptors (Lipinski definition) is 5. The monoisotopic (exact) mass is 277 g/mol. The highest BCUT2D eigenvalue weighted by molar-refractivity contribution is 5.85. The minimum Gasteiger partial charge on any atom is -0.353 e. The molecule has 0 radical (unpaired) electrons. The molecule has 0 aliphatic carbocycles. The average molecular weight is 278 g/mol. The summed E-state index contributed by atoms with van der Waals surface area (Å²) in [6, 6.07) is 0.172. The molecule has 0 saturated carbocycles. The molecule has 18 heavy (non-hydrogen) atoms. The fourth-order valence-corrected chi connectivity index (χ4v) is 1.11. The van der Waals surface area contributed by atoms with Crippen molar-refractivity contribution in [2.24, 2.45) is 0 Å². The Hall–Kier alpha value is -1.67. The predicted molar refractivity (Wildman–Crippen MR) is 67.7 cm³/mol. The van der Waals surface area contributed by atoms with Crippen LogP contribution in [-0.2, 0) is 11.3 Å². The van der Waals surface area contributed by atoms with E-state index in [1.54, 1.807) is 7.05 Å². The Morgan fingerprint density at radius 3 is 2.83 bits per heavy atom. The minimum atomic E-state index is -0.551. The highest BCUT2D eigenvalue weighted by Gasteiger charge is 2.11. The number of halogens is 1. The highest BCUT2D eigenvalue weighted by Crippen LogP contribution is 2.07. The number of amides is 1. The molecule has 1 rings (SSSR count). The summed E-state index contributed by atoms with van der Waals surface area (Å²) in [5.41, 5.74) is -0.124. The maximum atomic E-state index is 11.4. The molecular formula is C9H16ClN5O3. The van der Waals surface area contributed by atoms with E-state index >= 15 is 0 Å². The van der Waals surface area contributed by atoms with E-state index in [2.05, 4.69) is 15.7 Å². The second-order valence-electron chi connectivity index (χ2n) is 3.65. The van der Waals surface area contributed by atoms with Crippen molar-refractivity contribution in [3.63, 3.8) is 0 Å². The third-order valence-electron chi connectivity index (χ3n) is 2.23. The molecule has 9 heteroatoms. The second-order valence-corrected chi connectivity index (χ2v) is 3.65. The second kappa shape index (κ2) is 7.62. The molecule has 1 aromatic rings. The van der Waals surface area contributed by atoms with Gasteiger partial charge in [0.2, 0.25) is 5.91 Å². The molecule has 0 saturated heterocycles. The first-order valence-corrected chi connectivity index (χ1v) is 5.13. The maximum absolute atomic E-state index is 11.4. The summed E-state index contributed by atoms with van der Waals surface area (Å²) in [6.45, 7) is 2.40. The van der Waals surface area contributed by atoms with Crippen LogP contribution >= 0.6 is 12.4 Å². The van der Waals surface area contributed by atoms with Crippen molar-refractivity contribution in [2.75, 3.05) is 13.6 Å². The van der Waals surface area contributed by atoms with Crippen LogP contribution in [0.15, 0.2) is 12.4 Å². The van der Waals surface area contributed by atoms with Crippen molar-refractivity contribution in [2.45, 2.75) is 19.5 Å². The van der Waals surface area contributed by atoms with Crippen LogP contribution in [0.2, 0.25) is 0 Å². The van der Waals surface area contributed by atoms with E-state index in [1.165, 1.54) is 10.9 Å². The molecule has 0 fully saturated rings. The number of nitro groups is 1. The number of nitrogens with zero attached hydrogens (tertiary/aromatic N) is 3. The molecule has 0 aliphatic heterocycles. The van der Waals surface area contributed by atoms with Gasteiger partial charge in [-0.25, -0.2) is 0 Å². The van der Waals surface area contributed by atoms with Crippen LogP contribution in [0.4, 0.5) is 5.69 Å². The zero-order valence-electron chi connectivity index (χ0n) is 10.1. The number of rotatable bonds is 6. The molecule has 0 aromatic carbocycles. The zero-order valence-corrected chi connectivity index (χ0v) is 10.9. The Morgan fingerprint density at radius 2 is 2.33 bits per heavy atom. The van der Waals surface area contributed by atoms with Gasteiger partial charge in [0.05, 0.1) is 4.92 Å². The summed E-state index contributed by atoms with van der Waals surface area (Å²) in [7, 11) is 1.80. The summed E-state index contributed by atoms with van der Waals surface area (Å²) in [5, 5.41) is 19.8. The number of likely N-dealkylation sites (N-methyl/N-ethyl adjacent to an activating group) is 1. The number of hydrogen-bond donors (Lipinski definition) is 2. The van der Waals surface area contributed by atoms with Gasteiger partial charge in [0.15, 0.2) is 0 Å². The van der Waals surface area contributed by atoms with Gasteiger partial charge in [-0.15, -0.1) is 12.4 Å². The van der Waals surface area contributed by atoms with Gasteiger partial charge >= 0.3 is 5.69 Å². The van der Waals surface area contributed by atoms with Crippen molar-refractivity contribution in [1.29, 1.82) is 0 Å². The van der Waals surface area contributed by atoms with Crippen LogP contribution < -0.4 is 10.6 Å². The third-order valence-corrected chi connectivity index (χ3v) is 2.23. The van der Waals surface area contributed by atoms with E-state index in [-0.39, 0.29) is 36.6 Å². The molecule has 1 heterocycles. The molecule has 0 spiro atoms. The van der Waals surface area contributed by atoms with E-state index < -0.39 is 4.92 Å². The molecule has 1 atom stereocenters. The largest absolute Gasteiger partial charge is 0.353 e. The SMILES string of the molecule is CNC(C)CNC(=O)Cn1cc([N+](=O)[O-])cn1.Cl. The summed E-state index contributed by atoms with van der Waals surface area (Å²) >= 11 is 0. The van der Waals surface area contributed by atoms with Gasteiger partial charge in [0.1, 0.15) is 18.9 Å². The summed E-state index contributed by atoms with van der Waals surface area (Å²) in [6.07, 6.45) is 2.34. The van der Waals surface area contributed by atoms with Crippen molar-refractivity contribution >= 4 is 24.0 Å². The normalized spacial score (nSPS) is 11.4. The lowest BCUT2D eigenvalue weighted by Crippen LogP contribution is -2.38. The lowest BCUT2D eigenvalue weighted by molar-refractivity contribution is -0.385. The van der Waals surface area contributed by atoms with Gasteiger partial charge in [-0.3, -0.25) is 19.6 Å². The van der Waals surface area contributed by atoms with Crippen molar-refractivity contribution in [3.05, 3.63) is 22.5 Å². The molecular weight excluding hydrogens is 262 g/mol. The first kappa shape index (κ1) is 16.3. The van der Waals surface area contributed by atoms with E-state index in [4.69, 9.17) is 0 Å². The van der Waals surface area contributed by atoms with Crippen LogP contribution in [0.1, 0.15) is 6.92 Å². The summed E-state index contributed by atoms with van der Waals surface area (Å²) < 4.78 is 1.23. The van der Waals surface area contributed by atoms with Gasteiger partial charge in [-0.05, 0) is 14.0 Å². The van der Waals surface area contributed by atoms with Gasteiger partial charge in [0.25, 0.3) is 0 Å². The standard InChI is InChI=1S/C9H15N5O3.ClH/c1-7(10-2)3-11-9(15)6-13-5-8(4-12-13)14(16)17;/h4-5,7,10H,3,6H2,1-2H3,(H,11,15);1H. The molecule has 0 bridgehead atoms. The lowest BCUT2D eigenvalue weighted by atomic mass is 10.3.